The topological polar surface area (TPSA) is 52.1 Å². The first kappa shape index (κ1) is 9.79. The Kier molecular flexibility index (Phi) is 3.04. The molecule has 0 aliphatic heterocycles. The zero-order valence-electron chi connectivity index (χ0n) is 7.79. The van der Waals surface area contributed by atoms with Crippen LogP contribution in [0.15, 0.2) is 29.9 Å². The van der Waals surface area contributed by atoms with Crippen LogP contribution >= 0.6 is 11.3 Å². The number of aromatic nitrogens is 2. The maximum atomic E-state index is 10.4. The fourth-order valence-corrected chi connectivity index (χ4v) is 1.54. The van der Waals surface area contributed by atoms with Gasteiger partial charge >= 0.3 is 0 Å². The van der Waals surface area contributed by atoms with Crippen LogP contribution in [0.25, 0.3) is 0 Å². The van der Waals surface area contributed by atoms with Gasteiger partial charge in [0.25, 0.3) is 0 Å². The lowest BCUT2D eigenvalue weighted by Crippen LogP contribution is -1.95. The minimum atomic E-state index is 0.400. The smallest absolute Gasteiger partial charge is 0.168 e. The van der Waals surface area contributed by atoms with E-state index in [1.807, 2.05) is 5.38 Å². The average molecular weight is 220 g/mol. The lowest BCUT2D eigenvalue weighted by molar-refractivity contribution is 0.111. The number of thiazole rings is 1. The fraction of sp³-hybridized carbons (Fsp3) is 0.100. The van der Waals surface area contributed by atoms with Crippen molar-refractivity contribution >= 4 is 17.6 Å². The van der Waals surface area contributed by atoms with E-state index in [-0.39, 0.29) is 0 Å². The van der Waals surface area contributed by atoms with Crippen LogP contribution in [0.4, 0.5) is 0 Å². The molecule has 0 fully saturated rings. The first-order valence-corrected chi connectivity index (χ1v) is 5.19. The van der Waals surface area contributed by atoms with Crippen molar-refractivity contribution in [1.82, 2.24) is 9.97 Å². The maximum absolute atomic E-state index is 10.4. The van der Waals surface area contributed by atoms with E-state index in [0.717, 1.165) is 5.01 Å². The van der Waals surface area contributed by atoms with E-state index < -0.39 is 0 Å². The summed E-state index contributed by atoms with van der Waals surface area (Å²) in [5.41, 5.74) is 0.400. The Bertz CT molecular complexity index is 425. The molecule has 2 aromatic heterocycles. The van der Waals surface area contributed by atoms with Crippen molar-refractivity contribution in [2.24, 2.45) is 0 Å². The SMILES string of the molecule is O=Cc1ccc(OCc2nccs2)cn1. The normalized spacial score (nSPS) is 9.87. The summed E-state index contributed by atoms with van der Waals surface area (Å²) in [4.78, 5) is 18.3. The van der Waals surface area contributed by atoms with Gasteiger partial charge in [0.15, 0.2) is 6.29 Å². The van der Waals surface area contributed by atoms with E-state index in [0.29, 0.717) is 24.3 Å². The summed E-state index contributed by atoms with van der Waals surface area (Å²) in [5.74, 6) is 0.635. The van der Waals surface area contributed by atoms with Gasteiger partial charge in [-0.25, -0.2) is 9.97 Å². The second-order valence-corrected chi connectivity index (χ2v) is 3.73. The number of hydrogen-bond acceptors (Lipinski definition) is 5. The lowest BCUT2D eigenvalue weighted by atomic mass is 10.4. The van der Waals surface area contributed by atoms with Crippen molar-refractivity contribution in [3.63, 3.8) is 0 Å². The molecule has 0 aliphatic carbocycles. The summed E-state index contributed by atoms with van der Waals surface area (Å²) < 4.78 is 5.42. The molecule has 0 bridgehead atoms. The van der Waals surface area contributed by atoms with Crippen LogP contribution < -0.4 is 4.74 Å². The van der Waals surface area contributed by atoms with E-state index in [4.69, 9.17) is 4.74 Å². The maximum Gasteiger partial charge on any atom is 0.168 e. The Morgan fingerprint density at radius 3 is 2.93 bits per heavy atom. The van der Waals surface area contributed by atoms with Gasteiger partial charge < -0.3 is 4.74 Å². The van der Waals surface area contributed by atoms with Crippen LogP contribution in [0.5, 0.6) is 5.75 Å². The summed E-state index contributed by atoms with van der Waals surface area (Å²) in [7, 11) is 0. The van der Waals surface area contributed by atoms with Crippen molar-refractivity contribution in [1.29, 1.82) is 0 Å². The highest BCUT2D eigenvalue weighted by Gasteiger charge is 1.98. The Balaban J connectivity index is 1.96. The molecule has 0 radical (unpaired) electrons. The van der Waals surface area contributed by atoms with Crippen molar-refractivity contribution in [2.45, 2.75) is 6.61 Å². The third-order valence-electron chi connectivity index (χ3n) is 1.73. The molecular weight excluding hydrogens is 212 g/mol. The van der Waals surface area contributed by atoms with Gasteiger partial charge in [-0.05, 0) is 12.1 Å². The van der Waals surface area contributed by atoms with Gasteiger partial charge in [-0.1, -0.05) is 0 Å². The van der Waals surface area contributed by atoms with Crippen molar-refractivity contribution in [3.8, 4) is 5.75 Å². The monoisotopic (exact) mass is 220 g/mol. The predicted molar refractivity (Wildman–Crippen MR) is 56.1 cm³/mol. The lowest BCUT2D eigenvalue weighted by Gasteiger charge is -2.02. The van der Waals surface area contributed by atoms with Gasteiger partial charge in [0, 0.05) is 11.6 Å². The highest BCUT2D eigenvalue weighted by Crippen LogP contribution is 2.12. The number of carbonyl (C=O) groups is 1. The van der Waals surface area contributed by atoms with Gasteiger partial charge in [-0.3, -0.25) is 4.79 Å². The number of nitrogens with zero attached hydrogens (tertiary/aromatic N) is 2. The number of aldehydes is 1. The fourth-order valence-electron chi connectivity index (χ4n) is 1.02. The molecule has 4 nitrogen and oxygen atoms in total. The quantitative estimate of drug-likeness (QED) is 0.739. The van der Waals surface area contributed by atoms with Crippen LogP contribution in [0, 0.1) is 0 Å². The molecule has 0 amide bonds. The van der Waals surface area contributed by atoms with Crippen LogP contribution in [0.2, 0.25) is 0 Å². The Hall–Kier alpha value is -1.75. The number of rotatable bonds is 4. The van der Waals surface area contributed by atoms with E-state index >= 15 is 0 Å². The first-order chi connectivity index (χ1) is 7.38. The van der Waals surface area contributed by atoms with Gasteiger partial charge in [0.05, 0.1) is 6.20 Å². The predicted octanol–water partition coefficient (Wildman–Crippen LogP) is 1.93. The second-order valence-electron chi connectivity index (χ2n) is 2.75. The molecule has 0 spiro atoms. The first-order valence-electron chi connectivity index (χ1n) is 4.31. The summed E-state index contributed by atoms with van der Waals surface area (Å²) in [6.07, 6.45) is 3.96. The van der Waals surface area contributed by atoms with Gasteiger partial charge in [-0.2, -0.15) is 0 Å². The van der Waals surface area contributed by atoms with Crippen molar-refractivity contribution in [2.75, 3.05) is 0 Å². The van der Waals surface area contributed by atoms with Crippen LogP contribution in [0.1, 0.15) is 15.5 Å². The van der Waals surface area contributed by atoms with Crippen LogP contribution in [0.3, 0.4) is 0 Å². The Morgan fingerprint density at radius 1 is 1.40 bits per heavy atom. The molecule has 5 heteroatoms. The summed E-state index contributed by atoms with van der Waals surface area (Å²) >= 11 is 1.54. The molecule has 2 rings (SSSR count). The number of ether oxygens (including phenoxy) is 1. The third kappa shape index (κ3) is 2.60. The molecule has 76 valence electrons. The minimum Gasteiger partial charge on any atom is -0.485 e. The standard InChI is InChI=1S/C10H8N2O2S/c13-6-8-1-2-9(5-12-8)14-7-10-11-3-4-15-10/h1-6H,7H2. The molecule has 0 saturated carbocycles. The highest BCUT2D eigenvalue weighted by molar-refractivity contribution is 7.09. The second kappa shape index (κ2) is 4.65. The molecule has 0 aliphatic rings. The molecule has 0 unspecified atom stereocenters. The number of hydrogen-bond donors (Lipinski definition) is 0. The zero-order valence-corrected chi connectivity index (χ0v) is 8.61. The average Bonchev–Trinajstić information content (AvgIpc) is 2.80. The molecule has 0 atom stereocenters. The van der Waals surface area contributed by atoms with Crippen LogP contribution in [-0.2, 0) is 6.61 Å². The van der Waals surface area contributed by atoms with Gasteiger partial charge in [-0.15, -0.1) is 11.3 Å². The summed E-state index contributed by atoms with van der Waals surface area (Å²) in [6, 6.07) is 3.33. The van der Waals surface area contributed by atoms with E-state index in [1.54, 1.807) is 18.3 Å². The van der Waals surface area contributed by atoms with E-state index in [1.165, 1.54) is 17.5 Å². The molecular formula is C10H8N2O2S. The Labute approximate surface area is 90.6 Å². The highest BCUT2D eigenvalue weighted by atomic mass is 32.1. The zero-order chi connectivity index (χ0) is 10.5. The van der Waals surface area contributed by atoms with Gasteiger partial charge in [0.2, 0.25) is 0 Å². The van der Waals surface area contributed by atoms with E-state index in [9.17, 15) is 4.79 Å². The molecule has 2 heterocycles. The molecule has 2 aromatic rings. The van der Waals surface area contributed by atoms with Crippen molar-refractivity contribution in [3.05, 3.63) is 40.6 Å². The van der Waals surface area contributed by atoms with E-state index in [2.05, 4.69) is 9.97 Å². The summed E-state index contributed by atoms with van der Waals surface area (Å²) in [5, 5.41) is 2.81. The minimum absolute atomic E-state index is 0.400. The largest absolute Gasteiger partial charge is 0.485 e. The van der Waals surface area contributed by atoms with Crippen molar-refractivity contribution < 1.29 is 9.53 Å². The molecule has 15 heavy (non-hydrogen) atoms. The Morgan fingerprint density at radius 2 is 2.33 bits per heavy atom. The molecule has 0 saturated heterocycles. The molecule has 0 aromatic carbocycles. The third-order valence-corrected chi connectivity index (χ3v) is 2.48. The van der Waals surface area contributed by atoms with Crippen LogP contribution in [-0.4, -0.2) is 16.3 Å². The number of carbonyl (C=O) groups excluding carboxylic acids is 1. The molecule has 0 N–H and O–H groups in total. The van der Waals surface area contributed by atoms with Gasteiger partial charge in [0.1, 0.15) is 23.1 Å². The number of pyridine rings is 1. The summed E-state index contributed by atoms with van der Waals surface area (Å²) in [6.45, 7) is 0.430.